The summed E-state index contributed by atoms with van der Waals surface area (Å²) in [5.41, 5.74) is 1.99. The Labute approximate surface area is 192 Å². The number of halogens is 4. The van der Waals surface area contributed by atoms with E-state index >= 15 is 0 Å². The third-order valence-electron chi connectivity index (χ3n) is 5.81. The van der Waals surface area contributed by atoms with Gasteiger partial charge in [0.15, 0.2) is 11.7 Å². The van der Waals surface area contributed by atoms with Crippen LogP contribution in [0.5, 0.6) is 5.75 Å². The maximum absolute atomic E-state index is 13.9. The zero-order chi connectivity index (χ0) is 23.9. The molecule has 0 spiro atoms. The molecule has 12 heteroatoms. The lowest BCUT2D eigenvalue weighted by molar-refractivity contribution is -0.173. The molecule has 0 radical (unpaired) electrons. The lowest BCUT2D eigenvalue weighted by Gasteiger charge is -2.33. The molecule has 0 saturated heterocycles. The van der Waals surface area contributed by atoms with Crippen LogP contribution in [0.4, 0.5) is 19.0 Å². The summed E-state index contributed by atoms with van der Waals surface area (Å²) in [6.07, 6.45) is -3.29. The van der Waals surface area contributed by atoms with E-state index in [0.29, 0.717) is 11.3 Å². The second-order valence-electron chi connectivity index (χ2n) is 7.78. The number of nitrogens with zero attached hydrogens (tertiary/aromatic N) is 4. The van der Waals surface area contributed by atoms with Crippen molar-refractivity contribution >= 4 is 23.3 Å². The molecular formula is C21H22ClF3N6O2. The van der Waals surface area contributed by atoms with Crippen LogP contribution in [-0.4, -0.2) is 38.8 Å². The van der Waals surface area contributed by atoms with Gasteiger partial charge >= 0.3 is 6.18 Å². The number of nitrogens with one attached hydrogen (secondary N) is 2. The van der Waals surface area contributed by atoms with Gasteiger partial charge in [-0.15, -0.1) is 0 Å². The van der Waals surface area contributed by atoms with Crippen LogP contribution in [0.25, 0.3) is 0 Å². The zero-order valence-corrected chi connectivity index (χ0v) is 18.8. The Morgan fingerprint density at radius 2 is 2.03 bits per heavy atom. The predicted molar refractivity (Wildman–Crippen MR) is 115 cm³/mol. The highest BCUT2D eigenvalue weighted by molar-refractivity contribution is 6.36. The van der Waals surface area contributed by atoms with E-state index < -0.39 is 24.2 Å². The van der Waals surface area contributed by atoms with Gasteiger partial charge in [0, 0.05) is 31.3 Å². The molecule has 2 aromatic heterocycles. The molecule has 1 aliphatic heterocycles. The van der Waals surface area contributed by atoms with Gasteiger partial charge in [0.05, 0.1) is 19.3 Å². The molecule has 33 heavy (non-hydrogen) atoms. The minimum atomic E-state index is -4.59. The Morgan fingerprint density at radius 1 is 1.33 bits per heavy atom. The van der Waals surface area contributed by atoms with Crippen LogP contribution < -0.4 is 15.4 Å². The lowest BCUT2D eigenvalue weighted by atomic mass is 9.97. The second-order valence-corrected chi connectivity index (χ2v) is 8.16. The number of fused-ring (bicyclic) bond motifs is 1. The number of hydrogen-bond acceptors (Lipinski definition) is 5. The number of alkyl halides is 3. The van der Waals surface area contributed by atoms with Gasteiger partial charge in [-0.25, -0.2) is 4.68 Å². The van der Waals surface area contributed by atoms with Crippen molar-refractivity contribution in [3.63, 3.8) is 0 Å². The van der Waals surface area contributed by atoms with E-state index in [1.807, 2.05) is 6.92 Å². The van der Waals surface area contributed by atoms with Gasteiger partial charge in [0.1, 0.15) is 16.6 Å². The molecule has 3 heterocycles. The van der Waals surface area contributed by atoms with Crippen LogP contribution in [0.2, 0.25) is 5.02 Å². The third-order valence-corrected chi connectivity index (χ3v) is 6.16. The molecule has 1 amide bonds. The summed E-state index contributed by atoms with van der Waals surface area (Å²) in [6.45, 7) is 1.98. The van der Waals surface area contributed by atoms with Gasteiger partial charge in [0.25, 0.3) is 5.91 Å². The fourth-order valence-electron chi connectivity index (χ4n) is 3.77. The SMILES string of the molecule is COc1ccc([C@H]2C[C@H](C(F)(F)F)n3nc(C(=O)NCc4cnn(C)c4C)c(Cl)c3N2)cc1. The van der Waals surface area contributed by atoms with E-state index in [0.717, 1.165) is 15.9 Å². The maximum atomic E-state index is 13.9. The van der Waals surface area contributed by atoms with Crippen molar-refractivity contribution in [1.29, 1.82) is 0 Å². The molecule has 0 unspecified atom stereocenters. The standard InChI is InChI=1S/C21H22ClF3N6O2/c1-11-13(10-27-30(11)2)9-26-20(32)18-17(22)19-28-15(12-4-6-14(33-3)7-5-12)8-16(21(23,24)25)31(19)29-18/h4-7,10,15-16,28H,8-9H2,1-3H3,(H,26,32)/t15-,16-/m1/s1. The number of benzene rings is 1. The number of anilines is 1. The Morgan fingerprint density at radius 3 is 2.61 bits per heavy atom. The van der Waals surface area contributed by atoms with Crippen LogP contribution >= 0.6 is 11.6 Å². The van der Waals surface area contributed by atoms with Crippen molar-refractivity contribution in [3.8, 4) is 5.75 Å². The monoisotopic (exact) mass is 482 g/mol. The number of aryl methyl sites for hydroxylation is 1. The number of methoxy groups -OCH3 is 1. The molecule has 0 saturated carbocycles. The minimum absolute atomic E-state index is 0.0474. The van der Waals surface area contributed by atoms with Crippen molar-refractivity contribution in [1.82, 2.24) is 24.9 Å². The number of carbonyl (C=O) groups is 1. The van der Waals surface area contributed by atoms with E-state index in [1.54, 1.807) is 42.2 Å². The normalized spacial score (nSPS) is 17.9. The smallest absolute Gasteiger partial charge is 0.410 e. The molecule has 0 aliphatic carbocycles. The largest absolute Gasteiger partial charge is 0.497 e. The summed E-state index contributed by atoms with van der Waals surface area (Å²) in [6, 6.07) is 4.10. The average molecular weight is 483 g/mol. The molecule has 8 nitrogen and oxygen atoms in total. The summed E-state index contributed by atoms with van der Waals surface area (Å²) < 4.78 is 49.3. The summed E-state index contributed by atoms with van der Waals surface area (Å²) in [5.74, 6) is -0.129. The van der Waals surface area contributed by atoms with Crippen LogP contribution in [0.1, 0.15) is 45.8 Å². The van der Waals surface area contributed by atoms with Crippen molar-refractivity contribution in [2.45, 2.75) is 38.1 Å². The van der Waals surface area contributed by atoms with E-state index in [2.05, 4.69) is 20.8 Å². The molecule has 0 fully saturated rings. The molecule has 176 valence electrons. The van der Waals surface area contributed by atoms with E-state index in [-0.39, 0.29) is 29.5 Å². The highest BCUT2D eigenvalue weighted by Crippen LogP contribution is 2.46. The van der Waals surface area contributed by atoms with Gasteiger partial charge in [-0.1, -0.05) is 23.7 Å². The van der Waals surface area contributed by atoms with Crippen LogP contribution in [0.3, 0.4) is 0 Å². The van der Waals surface area contributed by atoms with Crippen molar-refractivity contribution in [2.24, 2.45) is 7.05 Å². The summed E-state index contributed by atoms with van der Waals surface area (Å²) in [7, 11) is 3.28. The van der Waals surface area contributed by atoms with Crippen molar-refractivity contribution < 1.29 is 22.7 Å². The molecule has 1 aliphatic rings. The minimum Gasteiger partial charge on any atom is -0.497 e. The predicted octanol–water partition coefficient (Wildman–Crippen LogP) is 4.18. The first-order chi connectivity index (χ1) is 15.6. The number of hydrogen-bond donors (Lipinski definition) is 2. The first-order valence-electron chi connectivity index (χ1n) is 10.1. The Hall–Kier alpha value is -3.21. The second kappa shape index (κ2) is 8.62. The average Bonchev–Trinajstić information content (AvgIpc) is 3.30. The molecule has 2 atom stereocenters. The third kappa shape index (κ3) is 4.37. The highest BCUT2D eigenvalue weighted by Gasteiger charge is 2.47. The fourth-order valence-corrected chi connectivity index (χ4v) is 4.03. The number of rotatable bonds is 5. The number of amides is 1. The summed E-state index contributed by atoms with van der Waals surface area (Å²) in [5, 5.41) is 13.5. The first-order valence-corrected chi connectivity index (χ1v) is 10.5. The van der Waals surface area contributed by atoms with Gasteiger partial charge in [-0.05, 0) is 24.6 Å². The van der Waals surface area contributed by atoms with E-state index in [4.69, 9.17) is 16.3 Å². The zero-order valence-electron chi connectivity index (χ0n) is 18.1. The number of aromatic nitrogens is 4. The maximum Gasteiger partial charge on any atom is 0.410 e. The van der Waals surface area contributed by atoms with Crippen LogP contribution in [-0.2, 0) is 13.6 Å². The number of ether oxygens (including phenoxy) is 1. The Bertz CT molecular complexity index is 1170. The van der Waals surface area contributed by atoms with Crippen molar-refractivity contribution in [2.75, 3.05) is 12.4 Å². The molecule has 4 rings (SSSR count). The Balaban J connectivity index is 1.62. The van der Waals surface area contributed by atoms with Crippen molar-refractivity contribution in [3.05, 3.63) is 58.0 Å². The van der Waals surface area contributed by atoms with Crippen LogP contribution in [0, 0.1) is 6.92 Å². The van der Waals surface area contributed by atoms with E-state index in [1.165, 1.54) is 7.11 Å². The van der Waals surface area contributed by atoms with Gasteiger partial charge in [-0.3, -0.25) is 9.48 Å². The van der Waals surface area contributed by atoms with Crippen LogP contribution in [0.15, 0.2) is 30.5 Å². The van der Waals surface area contributed by atoms with Gasteiger partial charge in [-0.2, -0.15) is 23.4 Å². The Kier molecular flexibility index (Phi) is 6.00. The van der Waals surface area contributed by atoms with Gasteiger partial charge < -0.3 is 15.4 Å². The molecular weight excluding hydrogens is 461 g/mol. The highest BCUT2D eigenvalue weighted by atomic mass is 35.5. The fraction of sp³-hybridized carbons (Fsp3) is 0.381. The molecule has 2 N–H and O–H groups in total. The molecule has 3 aromatic rings. The van der Waals surface area contributed by atoms with E-state index in [9.17, 15) is 18.0 Å². The topological polar surface area (TPSA) is 86.0 Å². The first kappa shape index (κ1) is 23.0. The summed E-state index contributed by atoms with van der Waals surface area (Å²) >= 11 is 6.36. The molecule has 1 aromatic carbocycles. The number of carbonyl (C=O) groups excluding carboxylic acids is 1. The summed E-state index contributed by atoms with van der Waals surface area (Å²) in [4.78, 5) is 12.7. The quantitative estimate of drug-likeness (QED) is 0.570. The molecule has 0 bridgehead atoms. The van der Waals surface area contributed by atoms with Gasteiger partial charge in [0.2, 0.25) is 0 Å². The lowest BCUT2D eigenvalue weighted by Crippen LogP contribution is -2.35.